The molecule has 0 heterocycles. The second kappa shape index (κ2) is 5.60. The first-order valence-corrected chi connectivity index (χ1v) is 5.94. The molecular weight excluding hydrogens is 298 g/mol. The van der Waals surface area contributed by atoms with Crippen LogP contribution in [0.4, 0.5) is 17.6 Å². The molecule has 1 fully saturated rings. The van der Waals surface area contributed by atoms with Crippen LogP contribution in [0.15, 0.2) is 18.2 Å². The summed E-state index contributed by atoms with van der Waals surface area (Å²) < 4.78 is 51.3. The molecule has 2 rings (SSSR count). The number of carbonyl (C=O) groups excluding carboxylic acids is 1. The average molecular weight is 312 g/mol. The van der Waals surface area contributed by atoms with Crippen molar-refractivity contribution in [1.82, 2.24) is 0 Å². The number of amides is 1. The maximum absolute atomic E-state index is 13.2. The number of benzene rings is 1. The highest BCUT2D eigenvalue weighted by Gasteiger charge is 2.43. The molecule has 0 spiro atoms. The minimum atomic E-state index is -4.78. The molecule has 1 aromatic carbocycles. The van der Waals surface area contributed by atoms with Crippen molar-refractivity contribution in [3.63, 3.8) is 0 Å². The Bertz CT molecular complexity index is 510. The molecule has 1 saturated carbocycles. The lowest BCUT2D eigenvalue weighted by molar-refractivity contribution is -0.140. The Morgan fingerprint density at radius 1 is 1.20 bits per heavy atom. The van der Waals surface area contributed by atoms with Crippen molar-refractivity contribution in [1.29, 1.82) is 0 Å². The predicted octanol–water partition coefficient (Wildman–Crippen LogP) is 3.56. The van der Waals surface area contributed by atoms with E-state index in [0.717, 1.165) is 18.9 Å². The van der Waals surface area contributed by atoms with Crippen LogP contribution < -0.4 is 5.73 Å². The summed E-state index contributed by atoms with van der Waals surface area (Å²) >= 11 is 0. The summed E-state index contributed by atoms with van der Waals surface area (Å²) in [6, 6.07) is 2.69. The standard InChI is InChI=1S/C13H13F4NO.ClH/c14-10-4-3-8(7-9(10)13(15,16)17)12(11(18)19)5-1-2-6-12;/h3-4,7H,1-2,5-6H2,(H2,18,19);1H. The zero-order chi connectivity index (χ0) is 14.3. The molecular formula is C13H14ClF4NO. The number of rotatable bonds is 2. The number of carbonyl (C=O) groups is 1. The van der Waals surface area contributed by atoms with Crippen LogP contribution in [0, 0.1) is 5.82 Å². The summed E-state index contributed by atoms with van der Waals surface area (Å²) in [6.45, 7) is 0. The highest BCUT2D eigenvalue weighted by atomic mass is 35.5. The number of nitrogens with two attached hydrogens (primary N) is 1. The third-order valence-corrected chi connectivity index (χ3v) is 3.75. The van der Waals surface area contributed by atoms with Gasteiger partial charge in [-0.3, -0.25) is 4.79 Å². The fourth-order valence-electron chi connectivity index (χ4n) is 2.70. The van der Waals surface area contributed by atoms with Crippen molar-refractivity contribution in [3.8, 4) is 0 Å². The number of primary amides is 1. The molecule has 0 atom stereocenters. The molecule has 1 amide bonds. The molecule has 2 N–H and O–H groups in total. The minimum absolute atomic E-state index is 0. The van der Waals surface area contributed by atoms with Crippen LogP contribution in [0.25, 0.3) is 0 Å². The predicted molar refractivity (Wildman–Crippen MR) is 68.0 cm³/mol. The van der Waals surface area contributed by atoms with Crippen LogP contribution in [0.5, 0.6) is 0 Å². The molecule has 1 aliphatic carbocycles. The molecule has 0 bridgehead atoms. The molecule has 1 aliphatic rings. The number of alkyl halides is 3. The van der Waals surface area contributed by atoms with Crippen LogP contribution in [-0.2, 0) is 16.4 Å². The molecule has 0 radical (unpaired) electrons. The average Bonchev–Trinajstić information content (AvgIpc) is 2.78. The highest BCUT2D eigenvalue weighted by Crippen LogP contribution is 2.43. The second-order valence-electron chi connectivity index (χ2n) is 4.85. The molecule has 1 aromatic rings. The molecule has 7 heteroatoms. The molecule has 20 heavy (non-hydrogen) atoms. The van der Waals surface area contributed by atoms with Crippen LogP contribution in [-0.4, -0.2) is 5.91 Å². The van der Waals surface area contributed by atoms with Gasteiger partial charge in [-0.25, -0.2) is 4.39 Å². The van der Waals surface area contributed by atoms with Gasteiger partial charge in [-0.1, -0.05) is 18.9 Å². The van der Waals surface area contributed by atoms with Gasteiger partial charge >= 0.3 is 6.18 Å². The van der Waals surface area contributed by atoms with Crippen LogP contribution >= 0.6 is 12.4 Å². The van der Waals surface area contributed by atoms with Gasteiger partial charge < -0.3 is 5.73 Å². The van der Waals surface area contributed by atoms with Gasteiger partial charge in [-0.05, 0) is 30.5 Å². The Morgan fingerprint density at radius 3 is 2.20 bits per heavy atom. The van der Waals surface area contributed by atoms with Crippen molar-refractivity contribution in [3.05, 3.63) is 35.1 Å². The van der Waals surface area contributed by atoms with E-state index in [1.54, 1.807) is 0 Å². The molecule has 0 aromatic heterocycles. The summed E-state index contributed by atoms with van der Waals surface area (Å²) in [4.78, 5) is 11.6. The molecule has 112 valence electrons. The first-order valence-electron chi connectivity index (χ1n) is 5.94. The molecule has 0 saturated heterocycles. The SMILES string of the molecule is Cl.NC(=O)C1(c2ccc(F)c(C(F)(F)F)c2)CCCC1. The van der Waals surface area contributed by atoms with E-state index in [9.17, 15) is 22.4 Å². The molecule has 0 unspecified atom stereocenters. The summed E-state index contributed by atoms with van der Waals surface area (Å²) in [7, 11) is 0. The fraction of sp³-hybridized carbons (Fsp3) is 0.462. The Kier molecular flexibility index (Phi) is 4.69. The third kappa shape index (κ3) is 2.75. The van der Waals surface area contributed by atoms with Gasteiger partial charge in [0.1, 0.15) is 5.82 Å². The van der Waals surface area contributed by atoms with Gasteiger partial charge in [0.2, 0.25) is 5.91 Å². The Hall–Kier alpha value is -1.30. The highest BCUT2D eigenvalue weighted by molar-refractivity contribution is 5.87. The van der Waals surface area contributed by atoms with Gasteiger partial charge in [0, 0.05) is 0 Å². The van der Waals surface area contributed by atoms with E-state index in [4.69, 9.17) is 5.73 Å². The van der Waals surface area contributed by atoms with Crippen molar-refractivity contribution < 1.29 is 22.4 Å². The zero-order valence-electron chi connectivity index (χ0n) is 10.5. The second-order valence-corrected chi connectivity index (χ2v) is 4.85. The van der Waals surface area contributed by atoms with Gasteiger partial charge in [0.15, 0.2) is 0 Å². The van der Waals surface area contributed by atoms with Crippen molar-refractivity contribution >= 4 is 18.3 Å². The van der Waals surface area contributed by atoms with E-state index < -0.39 is 28.9 Å². The van der Waals surface area contributed by atoms with Crippen molar-refractivity contribution in [2.45, 2.75) is 37.3 Å². The maximum Gasteiger partial charge on any atom is 0.419 e. The van der Waals surface area contributed by atoms with Crippen molar-refractivity contribution in [2.24, 2.45) is 5.73 Å². The minimum Gasteiger partial charge on any atom is -0.369 e. The van der Waals surface area contributed by atoms with Crippen LogP contribution in [0.2, 0.25) is 0 Å². The Morgan fingerprint density at radius 2 is 1.75 bits per heavy atom. The van der Waals surface area contributed by atoms with E-state index in [0.29, 0.717) is 18.9 Å². The van der Waals surface area contributed by atoms with Gasteiger partial charge in [0.25, 0.3) is 0 Å². The summed E-state index contributed by atoms with van der Waals surface area (Å²) in [5.41, 5.74) is 3.07. The van der Waals surface area contributed by atoms with Gasteiger partial charge in [0.05, 0.1) is 11.0 Å². The lowest BCUT2D eigenvalue weighted by Gasteiger charge is -2.26. The largest absolute Gasteiger partial charge is 0.419 e. The molecule has 0 aliphatic heterocycles. The van der Waals surface area contributed by atoms with Crippen molar-refractivity contribution in [2.75, 3.05) is 0 Å². The Balaban J connectivity index is 0.00000200. The number of hydrogen-bond acceptors (Lipinski definition) is 1. The molecule has 2 nitrogen and oxygen atoms in total. The lowest BCUT2D eigenvalue weighted by atomic mass is 9.77. The van der Waals surface area contributed by atoms with E-state index in [2.05, 4.69) is 0 Å². The smallest absolute Gasteiger partial charge is 0.369 e. The maximum atomic E-state index is 13.2. The van der Waals surface area contributed by atoms with E-state index >= 15 is 0 Å². The number of halogens is 5. The monoisotopic (exact) mass is 311 g/mol. The quantitative estimate of drug-likeness (QED) is 0.834. The van der Waals surface area contributed by atoms with Gasteiger partial charge in [-0.15, -0.1) is 12.4 Å². The lowest BCUT2D eigenvalue weighted by Crippen LogP contribution is -2.39. The first-order chi connectivity index (χ1) is 8.77. The summed E-state index contributed by atoms with van der Waals surface area (Å²) in [6.07, 6.45) is -2.52. The zero-order valence-corrected chi connectivity index (χ0v) is 11.3. The first kappa shape index (κ1) is 16.8. The fourth-order valence-corrected chi connectivity index (χ4v) is 2.70. The number of hydrogen-bond donors (Lipinski definition) is 1. The summed E-state index contributed by atoms with van der Waals surface area (Å²) in [5, 5.41) is 0. The summed E-state index contributed by atoms with van der Waals surface area (Å²) in [5.74, 6) is -1.99. The third-order valence-electron chi connectivity index (χ3n) is 3.75. The topological polar surface area (TPSA) is 43.1 Å². The van der Waals surface area contributed by atoms with E-state index in [1.165, 1.54) is 6.07 Å². The Labute approximate surface area is 119 Å². The van der Waals surface area contributed by atoms with Crippen LogP contribution in [0.3, 0.4) is 0 Å². The van der Waals surface area contributed by atoms with E-state index in [1.807, 2.05) is 0 Å². The van der Waals surface area contributed by atoms with Gasteiger partial charge in [-0.2, -0.15) is 13.2 Å². The van der Waals surface area contributed by atoms with Crippen LogP contribution in [0.1, 0.15) is 36.8 Å². The van der Waals surface area contributed by atoms with E-state index in [-0.39, 0.29) is 18.0 Å². The normalized spacial score (nSPS) is 17.6.